The molecule has 3 rings (SSSR count). The molecule has 2 aromatic heterocycles. The van der Waals surface area contributed by atoms with E-state index in [1.54, 1.807) is 12.1 Å². The van der Waals surface area contributed by atoms with E-state index in [1.165, 1.54) is 23.5 Å². The summed E-state index contributed by atoms with van der Waals surface area (Å²) in [7, 11) is 0. The second kappa shape index (κ2) is 7.26. The van der Waals surface area contributed by atoms with Crippen molar-refractivity contribution in [3.63, 3.8) is 0 Å². The molecule has 0 bridgehead atoms. The molecule has 2 N–H and O–H groups in total. The van der Waals surface area contributed by atoms with Gasteiger partial charge in [-0.1, -0.05) is 29.3 Å². The molecule has 128 valence electrons. The highest BCUT2D eigenvalue weighted by Crippen LogP contribution is 2.25. The Morgan fingerprint density at radius 1 is 1.24 bits per heavy atom. The van der Waals surface area contributed by atoms with Crippen molar-refractivity contribution in [3.8, 4) is 0 Å². The second-order valence-electron chi connectivity index (χ2n) is 5.06. The molecule has 0 unspecified atom stereocenters. The highest BCUT2D eigenvalue weighted by molar-refractivity contribution is 7.09. The topological polar surface area (TPSA) is 84.0 Å². The molecule has 2 heterocycles. The highest BCUT2D eigenvalue weighted by Gasteiger charge is 2.16. The quantitative estimate of drug-likeness (QED) is 0.711. The Labute approximate surface area is 155 Å². The first kappa shape index (κ1) is 17.5. The molecule has 3 aromatic rings. The zero-order valence-corrected chi connectivity index (χ0v) is 14.9. The summed E-state index contributed by atoms with van der Waals surface area (Å²) in [5.41, 5.74) is -1.15. The first-order valence-corrected chi connectivity index (χ1v) is 8.70. The van der Waals surface area contributed by atoms with E-state index in [2.05, 4.69) is 10.3 Å². The first-order valence-electron chi connectivity index (χ1n) is 7.07. The van der Waals surface area contributed by atoms with Crippen LogP contribution in [-0.2, 0) is 6.54 Å². The van der Waals surface area contributed by atoms with Gasteiger partial charge in [0.2, 0.25) is 0 Å². The van der Waals surface area contributed by atoms with Gasteiger partial charge in [-0.25, -0.2) is 4.79 Å². The Kier molecular flexibility index (Phi) is 5.08. The normalized spacial score (nSPS) is 10.6. The number of aromatic amines is 1. The van der Waals surface area contributed by atoms with Crippen molar-refractivity contribution in [2.45, 2.75) is 6.54 Å². The highest BCUT2D eigenvalue weighted by atomic mass is 35.5. The van der Waals surface area contributed by atoms with Crippen molar-refractivity contribution in [2.75, 3.05) is 5.32 Å². The van der Waals surface area contributed by atoms with Crippen LogP contribution in [0.5, 0.6) is 0 Å². The van der Waals surface area contributed by atoms with Gasteiger partial charge in [0.25, 0.3) is 11.5 Å². The van der Waals surface area contributed by atoms with Gasteiger partial charge in [0.15, 0.2) is 0 Å². The van der Waals surface area contributed by atoms with E-state index in [-0.39, 0.29) is 17.1 Å². The molecule has 1 aromatic carbocycles. The second-order valence-corrected chi connectivity index (χ2v) is 6.93. The van der Waals surface area contributed by atoms with Crippen LogP contribution in [0.1, 0.15) is 15.2 Å². The van der Waals surface area contributed by atoms with Crippen molar-refractivity contribution < 1.29 is 4.79 Å². The Morgan fingerprint density at radius 3 is 2.72 bits per heavy atom. The number of anilines is 1. The van der Waals surface area contributed by atoms with E-state index < -0.39 is 17.2 Å². The monoisotopic (exact) mass is 395 g/mol. The van der Waals surface area contributed by atoms with E-state index in [0.717, 1.165) is 15.6 Å². The van der Waals surface area contributed by atoms with Crippen LogP contribution in [0.15, 0.2) is 51.5 Å². The lowest BCUT2D eigenvalue weighted by atomic mass is 10.2. The number of rotatable bonds is 4. The molecular formula is C16H11Cl2N3O3S. The number of aromatic nitrogens is 2. The molecule has 0 radical (unpaired) electrons. The number of hydrogen-bond donors (Lipinski definition) is 2. The third kappa shape index (κ3) is 3.84. The van der Waals surface area contributed by atoms with Crippen molar-refractivity contribution in [1.29, 1.82) is 0 Å². The summed E-state index contributed by atoms with van der Waals surface area (Å²) in [5.74, 6) is -0.676. The van der Waals surface area contributed by atoms with Gasteiger partial charge in [-0.3, -0.25) is 14.2 Å². The third-order valence-electron chi connectivity index (χ3n) is 3.38. The molecule has 9 heteroatoms. The summed E-state index contributed by atoms with van der Waals surface area (Å²) in [6.07, 6.45) is 1.09. The Balaban J connectivity index is 1.93. The maximum Gasteiger partial charge on any atom is 0.328 e. The molecule has 0 spiro atoms. The number of benzene rings is 1. The minimum Gasteiger partial charge on any atom is -0.320 e. The minimum atomic E-state index is -0.681. The summed E-state index contributed by atoms with van der Waals surface area (Å²) in [6.45, 7) is 0.0919. The van der Waals surface area contributed by atoms with Crippen LogP contribution in [0, 0.1) is 0 Å². The lowest BCUT2D eigenvalue weighted by Gasteiger charge is -2.09. The maximum atomic E-state index is 12.5. The van der Waals surface area contributed by atoms with Crippen LogP contribution in [0.2, 0.25) is 10.0 Å². The van der Waals surface area contributed by atoms with E-state index in [4.69, 9.17) is 23.2 Å². The van der Waals surface area contributed by atoms with Crippen LogP contribution < -0.4 is 16.6 Å². The molecular weight excluding hydrogens is 385 g/mol. The van der Waals surface area contributed by atoms with Gasteiger partial charge >= 0.3 is 5.69 Å². The molecule has 0 saturated carbocycles. The van der Waals surface area contributed by atoms with Crippen LogP contribution >= 0.6 is 34.5 Å². The number of carbonyl (C=O) groups is 1. The average Bonchev–Trinajstić information content (AvgIpc) is 3.07. The molecule has 1 amide bonds. The lowest BCUT2D eigenvalue weighted by molar-refractivity contribution is 0.102. The van der Waals surface area contributed by atoms with Crippen LogP contribution in [0.3, 0.4) is 0 Å². The predicted octanol–water partition coefficient (Wildman–Crippen LogP) is 3.21. The van der Waals surface area contributed by atoms with E-state index in [1.807, 2.05) is 11.4 Å². The molecule has 0 saturated heterocycles. The van der Waals surface area contributed by atoms with Gasteiger partial charge in [0.1, 0.15) is 5.56 Å². The SMILES string of the molecule is O=C(Nc1ccc(Cl)cc1Cl)c1c[nH]c(=O)n(Cc2cccs2)c1=O. The molecule has 0 atom stereocenters. The Morgan fingerprint density at radius 2 is 2.04 bits per heavy atom. The van der Waals surface area contributed by atoms with Gasteiger partial charge in [-0.15, -0.1) is 11.3 Å². The maximum absolute atomic E-state index is 12.5. The fourth-order valence-electron chi connectivity index (χ4n) is 2.16. The van der Waals surface area contributed by atoms with Crippen LogP contribution in [0.25, 0.3) is 0 Å². The van der Waals surface area contributed by atoms with Crippen molar-refractivity contribution >= 4 is 46.1 Å². The number of thiophene rings is 1. The first-order chi connectivity index (χ1) is 12.0. The smallest absolute Gasteiger partial charge is 0.320 e. The average molecular weight is 396 g/mol. The molecule has 0 aliphatic heterocycles. The largest absolute Gasteiger partial charge is 0.328 e. The van der Waals surface area contributed by atoms with Crippen molar-refractivity contribution in [3.05, 3.63) is 83.2 Å². The van der Waals surface area contributed by atoms with Gasteiger partial charge < -0.3 is 10.3 Å². The van der Waals surface area contributed by atoms with Crippen LogP contribution in [0.4, 0.5) is 5.69 Å². The fourth-order valence-corrected chi connectivity index (χ4v) is 3.30. The fraction of sp³-hybridized carbons (Fsp3) is 0.0625. The van der Waals surface area contributed by atoms with Gasteiger partial charge in [-0.2, -0.15) is 0 Å². The zero-order valence-electron chi connectivity index (χ0n) is 12.6. The minimum absolute atomic E-state index is 0.0919. The Bertz CT molecular complexity index is 1040. The lowest BCUT2D eigenvalue weighted by Crippen LogP contribution is -2.39. The molecule has 0 fully saturated rings. The number of nitrogens with one attached hydrogen (secondary N) is 2. The van der Waals surface area contributed by atoms with Crippen molar-refractivity contribution in [2.24, 2.45) is 0 Å². The molecule has 6 nitrogen and oxygen atoms in total. The Hall–Kier alpha value is -2.35. The van der Waals surface area contributed by atoms with E-state index >= 15 is 0 Å². The summed E-state index contributed by atoms with van der Waals surface area (Å²) in [5, 5.41) is 5.04. The standard InChI is InChI=1S/C16H11Cl2N3O3S/c17-9-3-4-13(12(18)6-9)20-14(22)11-7-19-16(24)21(15(11)23)8-10-2-1-5-25-10/h1-7H,8H2,(H,19,24)(H,20,22). The summed E-state index contributed by atoms with van der Waals surface area (Å²) >= 11 is 13.2. The molecule has 0 aliphatic rings. The van der Waals surface area contributed by atoms with Crippen LogP contribution in [-0.4, -0.2) is 15.5 Å². The number of carbonyl (C=O) groups excluding carboxylic acids is 1. The van der Waals surface area contributed by atoms with E-state index in [9.17, 15) is 14.4 Å². The number of halogens is 2. The van der Waals surface area contributed by atoms with Crippen molar-refractivity contribution in [1.82, 2.24) is 9.55 Å². The number of nitrogens with zero attached hydrogens (tertiary/aromatic N) is 1. The summed E-state index contributed by atoms with van der Waals surface area (Å²) in [4.78, 5) is 40.1. The molecule has 25 heavy (non-hydrogen) atoms. The van der Waals surface area contributed by atoms with Gasteiger partial charge in [0, 0.05) is 16.1 Å². The molecule has 0 aliphatic carbocycles. The van der Waals surface area contributed by atoms with Gasteiger partial charge in [-0.05, 0) is 29.6 Å². The third-order valence-corrected chi connectivity index (χ3v) is 4.79. The number of amides is 1. The number of H-pyrrole nitrogens is 1. The summed E-state index contributed by atoms with van der Waals surface area (Å²) in [6, 6.07) is 8.18. The van der Waals surface area contributed by atoms with Gasteiger partial charge in [0.05, 0.1) is 17.3 Å². The zero-order chi connectivity index (χ0) is 18.0. The summed E-state index contributed by atoms with van der Waals surface area (Å²) < 4.78 is 0.976. The van der Waals surface area contributed by atoms with E-state index in [0.29, 0.717) is 10.7 Å². The number of hydrogen-bond acceptors (Lipinski definition) is 4. The predicted molar refractivity (Wildman–Crippen MR) is 99.2 cm³/mol.